The molecule has 4 aromatic rings. The van der Waals surface area contributed by atoms with Crippen LogP contribution in [0.1, 0.15) is 18.1 Å². The number of aliphatic hydroxyl groups excluding tert-OH is 1. The smallest absolute Gasteiger partial charge is 0.245 e. The number of nitrogens with two attached hydrogens (primary N) is 1. The summed E-state index contributed by atoms with van der Waals surface area (Å²) in [7, 11) is -2.30. The van der Waals surface area contributed by atoms with E-state index < -0.39 is 10.0 Å². The first-order valence-electron chi connectivity index (χ1n) is 12.1. The zero-order chi connectivity index (χ0) is 26.2. The third-order valence-electron chi connectivity index (χ3n) is 6.55. The van der Waals surface area contributed by atoms with Gasteiger partial charge in [-0.25, -0.2) is 23.1 Å². The average Bonchev–Trinajstić information content (AvgIpc) is 3.18. The molecule has 0 radical (unpaired) electrons. The Balaban J connectivity index is 1.49. The normalized spacial score (nSPS) is 15.2. The van der Waals surface area contributed by atoms with Crippen LogP contribution < -0.4 is 15.2 Å². The topological polar surface area (TPSA) is 135 Å². The van der Waals surface area contributed by atoms with Crippen molar-refractivity contribution in [2.45, 2.75) is 30.8 Å². The van der Waals surface area contributed by atoms with Crippen molar-refractivity contribution < 1.29 is 18.3 Å². The maximum atomic E-state index is 12.2. The molecule has 5 rings (SSSR count). The van der Waals surface area contributed by atoms with E-state index in [-0.39, 0.29) is 11.0 Å². The van der Waals surface area contributed by atoms with E-state index in [0.29, 0.717) is 35.0 Å². The highest BCUT2D eigenvalue weighted by molar-refractivity contribution is 7.89. The molecule has 1 atom stereocenters. The number of nitrogens with zero attached hydrogens (tertiary/aromatic N) is 4. The molecule has 10 nitrogen and oxygen atoms in total. The van der Waals surface area contributed by atoms with Gasteiger partial charge in [-0.15, -0.1) is 5.10 Å². The van der Waals surface area contributed by atoms with Crippen molar-refractivity contribution in [2.75, 3.05) is 32.1 Å². The van der Waals surface area contributed by atoms with Gasteiger partial charge in [-0.3, -0.25) is 0 Å². The van der Waals surface area contributed by atoms with Gasteiger partial charge >= 0.3 is 0 Å². The van der Waals surface area contributed by atoms with Gasteiger partial charge in [-0.2, -0.15) is 0 Å². The fraction of sp³-hybridized carbons (Fsp3) is 0.308. The number of sulfonamides is 1. The van der Waals surface area contributed by atoms with Gasteiger partial charge in [-0.1, -0.05) is 18.2 Å². The van der Waals surface area contributed by atoms with Crippen molar-refractivity contribution in [3.8, 4) is 17.0 Å². The zero-order valence-corrected chi connectivity index (χ0v) is 21.6. The van der Waals surface area contributed by atoms with Crippen LogP contribution in [0.4, 0.5) is 11.6 Å². The molecule has 194 valence electrons. The minimum absolute atomic E-state index is 0.0279. The average molecular weight is 523 g/mol. The SMILES string of the molecule is COc1cc2c(cc1Nc1ncc3ccc(-c4ccccc4S(N)(=O)=O)n3n1)CCN(C[C@H](C)O)CC2. The van der Waals surface area contributed by atoms with Gasteiger partial charge < -0.3 is 20.1 Å². The Hall–Kier alpha value is -3.51. The maximum absolute atomic E-state index is 12.2. The molecule has 4 N–H and O–H groups in total. The highest BCUT2D eigenvalue weighted by Gasteiger charge is 2.20. The number of hydrogen-bond donors (Lipinski definition) is 3. The molecule has 0 bridgehead atoms. The molecule has 11 heteroatoms. The molecule has 0 saturated carbocycles. The molecule has 1 aliphatic rings. The lowest BCUT2D eigenvalue weighted by molar-refractivity contribution is 0.129. The van der Waals surface area contributed by atoms with Gasteiger partial charge in [0.25, 0.3) is 0 Å². The molecule has 37 heavy (non-hydrogen) atoms. The number of anilines is 2. The van der Waals surface area contributed by atoms with Crippen molar-refractivity contribution in [1.29, 1.82) is 0 Å². The molecular formula is C26H30N6O4S. The van der Waals surface area contributed by atoms with Crippen LogP contribution in [-0.2, 0) is 22.9 Å². The first-order valence-corrected chi connectivity index (χ1v) is 13.6. The lowest BCUT2D eigenvalue weighted by atomic mass is 10.0. The van der Waals surface area contributed by atoms with Gasteiger partial charge in [0, 0.05) is 25.2 Å². The third kappa shape index (κ3) is 5.30. The van der Waals surface area contributed by atoms with Crippen LogP contribution in [-0.4, -0.2) is 65.9 Å². The van der Waals surface area contributed by atoms with E-state index in [1.807, 2.05) is 19.1 Å². The summed E-state index contributed by atoms with van der Waals surface area (Å²) in [6.07, 6.45) is 3.03. The molecule has 0 spiro atoms. The first-order chi connectivity index (χ1) is 17.7. The lowest BCUT2D eigenvalue weighted by Gasteiger charge is -2.20. The Labute approximate surface area is 215 Å². The van der Waals surface area contributed by atoms with Crippen LogP contribution in [0.3, 0.4) is 0 Å². The number of ether oxygens (including phenoxy) is 1. The summed E-state index contributed by atoms with van der Waals surface area (Å²) >= 11 is 0. The Morgan fingerprint density at radius 3 is 2.57 bits per heavy atom. The number of aromatic nitrogens is 3. The minimum atomic E-state index is -3.92. The Kier molecular flexibility index (Phi) is 6.86. The second-order valence-electron chi connectivity index (χ2n) is 9.27. The van der Waals surface area contributed by atoms with Crippen molar-refractivity contribution in [3.05, 3.63) is 65.9 Å². The van der Waals surface area contributed by atoms with Crippen LogP contribution in [0.2, 0.25) is 0 Å². The molecule has 0 fully saturated rings. The quantitative estimate of drug-likeness (QED) is 0.337. The Morgan fingerprint density at radius 2 is 1.86 bits per heavy atom. The Bertz CT molecular complexity index is 1550. The summed E-state index contributed by atoms with van der Waals surface area (Å²) in [5, 5.41) is 23.2. The van der Waals surface area contributed by atoms with Gasteiger partial charge in [0.15, 0.2) is 0 Å². The fourth-order valence-electron chi connectivity index (χ4n) is 4.83. The summed E-state index contributed by atoms with van der Waals surface area (Å²) in [5.74, 6) is 1.01. The van der Waals surface area contributed by atoms with Crippen molar-refractivity contribution in [1.82, 2.24) is 19.5 Å². The summed E-state index contributed by atoms with van der Waals surface area (Å²) in [5.41, 5.74) is 4.91. The molecule has 1 aliphatic heterocycles. The molecule has 2 aromatic carbocycles. The van der Waals surface area contributed by atoms with E-state index in [2.05, 4.69) is 26.4 Å². The van der Waals surface area contributed by atoms with E-state index in [1.54, 1.807) is 42.1 Å². The Morgan fingerprint density at radius 1 is 1.14 bits per heavy atom. The number of primary sulfonamides is 1. The van der Waals surface area contributed by atoms with E-state index in [4.69, 9.17) is 9.88 Å². The monoisotopic (exact) mass is 522 g/mol. The van der Waals surface area contributed by atoms with Gasteiger partial charge in [0.05, 0.1) is 41.2 Å². The zero-order valence-electron chi connectivity index (χ0n) is 20.8. The third-order valence-corrected chi connectivity index (χ3v) is 7.52. The fourth-order valence-corrected chi connectivity index (χ4v) is 5.58. The summed E-state index contributed by atoms with van der Waals surface area (Å²) in [6.45, 7) is 4.20. The highest BCUT2D eigenvalue weighted by atomic mass is 32.2. The number of β-amino-alcohol motifs (C(OH)–C–C–N with tert-alkyl or cyclic N) is 1. The van der Waals surface area contributed by atoms with Crippen molar-refractivity contribution >= 4 is 27.2 Å². The van der Waals surface area contributed by atoms with E-state index in [9.17, 15) is 13.5 Å². The van der Waals surface area contributed by atoms with Gasteiger partial charge in [-0.05, 0) is 61.2 Å². The molecule has 0 aliphatic carbocycles. The van der Waals surface area contributed by atoms with Gasteiger partial charge in [0.2, 0.25) is 16.0 Å². The number of fused-ring (bicyclic) bond motifs is 2. The molecular weight excluding hydrogens is 492 g/mol. The second-order valence-corrected chi connectivity index (χ2v) is 10.8. The number of hydrogen-bond acceptors (Lipinski definition) is 8. The second kappa shape index (κ2) is 10.1. The maximum Gasteiger partial charge on any atom is 0.245 e. The molecule has 0 amide bonds. The number of aliphatic hydroxyl groups is 1. The minimum Gasteiger partial charge on any atom is -0.495 e. The number of methoxy groups -OCH3 is 1. The molecule has 0 unspecified atom stereocenters. The summed E-state index contributed by atoms with van der Waals surface area (Å²) in [4.78, 5) is 6.75. The summed E-state index contributed by atoms with van der Waals surface area (Å²) < 4.78 is 31.7. The molecule has 3 heterocycles. The number of rotatable bonds is 7. The van der Waals surface area contributed by atoms with Crippen LogP contribution >= 0.6 is 0 Å². The number of nitrogens with one attached hydrogen (secondary N) is 1. The first kappa shape index (κ1) is 25.2. The van der Waals surface area contributed by atoms with Crippen LogP contribution in [0, 0.1) is 0 Å². The lowest BCUT2D eigenvalue weighted by Crippen LogP contribution is -2.33. The predicted octanol–water partition coefficient (Wildman–Crippen LogP) is 2.58. The molecule has 2 aromatic heterocycles. The van der Waals surface area contributed by atoms with Crippen LogP contribution in [0.5, 0.6) is 5.75 Å². The summed E-state index contributed by atoms with van der Waals surface area (Å²) in [6, 6.07) is 14.3. The van der Waals surface area contributed by atoms with E-state index >= 15 is 0 Å². The number of benzene rings is 2. The van der Waals surface area contributed by atoms with Gasteiger partial charge in [0.1, 0.15) is 5.75 Å². The van der Waals surface area contributed by atoms with E-state index in [0.717, 1.165) is 31.6 Å². The largest absolute Gasteiger partial charge is 0.495 e. The van der Waals surface area contributed by atoms with E-state index in [1.165, 1.54) is 17.2 Å². The van der Waals surface area contributed by atoms with Crippen molar-refractivity contribution in [2.24, 2.45) is 5.14 Å². The van der Waals surface area contributed by atoms with Crippen LogP contribution in [0.15, 0.2) is 59.6 Å². The predicted molar refractivity (Wildman–Crippen MR) is 142 cm³/mol. The highest BCUT2D eigenvalue weighted by Crippen LogP contribution is 2.33. The van der Waals surface area contributed by atoms with Crippen molar-refractivity contribution in [3.63, 3.8) is 0 Å². The molecule has 0 saturated heterocycles. The van der Waals surface area contributed by atoms with Crippen LogP contribution in [0.25, 0.3) is 16.8 Å². The standard InChI is InChI=1S/C26H30N6O4S/c1-17(33)16-31-11-9-18-13-22(24(36-2)14-19(18)10-12-31)29-26-28-15-20-7-8-23(32(20)30-26)21-5-3-4-6-25(21)37(27,34)35/h3-8,13-15,17,33H,9-12,16H2,1-2H3,(H,29,30)(H2,27,34,35)/t17-/m0/s1.